The van der Waals surface area contributed by atoms with E-state index < -0.39 is 11.9 Å². The molecule has 0 aromatic carbocycles. The summed E-state index contributed by atoms with van der Waals surface area (Å²) in [6, 6.07) is 3.12. The van der Waals surface area contributed by atoms with Crippen molar-refractivity contribution in [3.05, 3.63) is 39.4 Å². The molecule has 0 aliphatic heterocycles. The standard InChI is InChI=1S/C10H6ClN3O3S/c11-6-2-1-5(18-6)9(15)14-8-7(10(16)17)12-3-4-13-8/h1-4H,(H,16,17)(H,13,14,15). The smallest absolute Gasteiger partial charge is 0.358 e. The van der Waals surface area contributed by atoms with E-state index in [9.17, 15) is 9.59 Å². The van der Waals surface area contributed by atoms with Gasteiger partial charge in [-0.3, -0.25) is 4.79 Å². The number of aromatic carboxylic acids is 1. The van der Waals surface area contributed by atoms with Crippen LogP contribution in [0.15, 0.2) is 24.5 Å². The Kier molecular flexibility index (Phi) is 3.54. The van der Waals surface area contributed by atoms with Crippen LogP contribution < -0.4 is 5.32 Å². The van der Waals surface area contributed by atoms with Crippen LogP contribution in [0.3, 0.4) is 0 Å². The Morgan fingerprint density at radius 3 is 2.61 bits per heavy atom. The predicted molar refractivity (Wildman–Crippen MR) is 66.3 cm³/mol. The molecule has 0 fully saturated rings. The van der Waals surface area contributed by atoms with Crippen molar-refractivity contribution in [2.75, 3.05) is 5.32 Å². The number of hydrogen-bond donors (Lipinski definition) is 2. The van der Waals surface area contributed by atoms with Gasteiger partial charge in [0.25, 0.3) is 5.91 Å². The zero-order valence-electron chi connectivity index (χ0n) is 8.75. The van der Waals surface area contributed by atoms with Gasteiger partial charge in [-0.15, -0.1) is 11.3 Å². The topological polar surface area (TPSA) is 92.2 Å². The van der Waals surface area contributed by atoms with Crippen LogP contribution in [-0.4, -0.2) is 27.0 Å². The van der Waals surface area contributed by atoms with E-state index in [1.54, 1.807) is 12.1 Å². The summed E-state index contributed by atoms with van der Waals surface area (Å²) < 4.78 is 0.470. The minimum absolute atomic E-state index is 0.0977. The van der Waals surface area contributed by atoms with E-state index in [0.717, 1.165) is 11.3 Å². The number of nitrogens with one attached hydrogen (secondary N) is 1. The van der Waals surface area contributed by atoms with E-state index in [-0.39, 0.29) is 11.5 Å². The zero-order valence-corrected chi connectivity index (χ0v) is 10.3. The lowest BCUT2D eigenvalue weighted by atomic mass is 10.4. The van der Waals surface area contributed by atoms with Crippen LogP contribution in [0.1, 0.15) is 20.2 Å². The molecule has 0 atom stereocenters. The molecule has 18 heavy (non-hydrogen) atoms. The lowest BCUT2D eigenvalue weighted by molar-refractivity contribution is 0.0691. The molecule has 2 N–H and O–H groups in total. The van der Waals surface area contributed by atoms with Gasteiger partial charge in [0.2, 0.25) is 0 Å². The molecule has 2 aromatic heterocycles. The maximum absolute atomic E-state index is 11.8. The Morgan fingerprint density at radius 2 is 2.00 bits per heavy atom. The first-order valence-corrected chi connectivity index (χ1v) is 5.88. The van der Waals surface area contributed by atoms with Crippen molar-refractivity contribution in [2.45, 2.75) is 0 Å². The average molecular weight is 284 g/mol. The summed E-state index contributed by atoms with van der Waals surface area (Å²) in [6.45, 7) is 0. The maximum atomic E-state index is 11.8. The molecule has 0 bridgehead atoms. The third-order valence-corrected chi connectivity index (χ3v) is 3.16. The molecule has 8 heteroatoms. The van der Waals surface area contributed by atoms with E-state index in [4.69, 9.17) is 16.7 Å². The minimum Gasteiger partial charge on any atom is -0.476 e. The molecular weight excluding hydrogens is 278 g/mol. The van der Waals surface area contributed by atoms with E-state index in [1.807, 2.05) is 0 Å². The van der Waals surface area contributed by atoms with Crippen LogP contribution in [0.4, 0.5) is 5.82 Å². The molecule has 0 saturated carbocycles. The molecule has 2 rings (SSSR count). The lowest BCUT2D eigenvalue weighted by Gasteiger charge is -2.04. The van der Waals surface area contributed by atoms with E-state index in [1.165, 1.54) is 12.4 Å². The number of carbonyl (C=O) groups is 2. The molecule has 0 unspecified atom stereocenters. The summed E-state index contributed by atoms with van der Waals surface area (Å²) in [5.74, 6) is -1.84. The Morgan fingerprint density at radius 1 is 1.28 bits per heavy atom. The summed E-state index contributed by atoms with van der Waals surface area (Å²) in [4.78, 5) is 30.4. The molecule has 0 aliphatic rings. The van der Waals surface area contributed by atoms with Crippen LogP contribution in [-0.2, 0) is 0 Å². The minimum atomic E-state index is -1.26. The van der Waals surface area contributed by atoms with Gasteiger partial charge in [0, 0.05) is 12.4 Å². The van der Waals surface area contributed by atoms with Gasteiger partial charge in [0.15, 0.2) is 11.5 Å². The third-order valence-electron chi connectivity index (χ3n) is 1.93. The number of hydrogen-bond acceptors (Lipinski definition) is 5. The number of amides is 1. The van der Waals surface area contributed by atoms with Crippen LogP contribution in [0, 0.1) is 0 Å². The van der Waals surface area contributed by atoms with Crippen LogP contribution in [0.5, 0.6) is 0 Å². The van der Waals surface area contributed by atoms with Crippen LogP contribution >= 0.6 is 22.9 Å². The Hall–Kier alpha value is -1.99. The van der Waals surface area contributed by atoms with E-state index in [0.29, 0.717) is 9.21 Å². The number of halogens is 1. The average Bonchev–Trinajstić information content (AvgIpc) is 2.76. The molecule has 0 aliphatic carbocycles. The van der Waals surface area contributed by atoms with Gasteiger partial charge in [-0.25, -0.2) is 14.8 Å². The first-order chi connectivity index (χ1) is 8.58. The van der Waals surface area contributed by atoms with E-state index in [2.05, 4.69) is 15.3 Å². The molecule has 0 spiro atoms. The number of carboxylic acids is 1. The lowest BCUT2D eigenvalue weighted by Crippen LogP contribution is -2.16. The molecule has 1 amide bonds. The van der Waals surface area contributed by atoms with Crippen molar-refractivity contribution < 1.29 is 14.7 Å². The quantitative estimate of drug-likeness (QED) is 0.900. The van der Waals surface area contributed by atoms with Gasteiger partial charge in [-0.2, -0.15) is 0 Å². The fraction of sp³-hybridized carbons (Fsp3) is 0. The number of rotatable bonds is 3. The highest BCUT2D eigenvalue weighted by Crippen LogP contribution is 2.22. The van der Waals surface area contributed by atoms with Crippen LogP contribution in [0.25, 0.3) is 0 Å². The molecule has 0 saturated heterocycles. The normalized spacial score (nSPS) is 10.1. The fourth-order valence-corrected chi connectivity index (χ4v) is 2.13. The number of carboxylic acid groups (broad SMARTS) is 1. The predicted octanol–water partition coefficient (Wildman–Crippen LogP) is 2.14. The number of nitrogens with zero attached hydrogens (tertiary/aromatic N) is 2. The SMILES string of the molecule is O=C(Nc1nccnc1C(=O)O)c1ccc(Cl)s1. The highest BCUT2D eigenvalue weighted by atomic mass is 35.5. The fourth-order valence-electron chi connectivity index (χ4n) is 1.19. The molecule has 2 aromatic rings. The monoisotopic (exact) mass is 283 g/mol. The molecule has 0 radical (unpaired) electrons. The van der Waals surface area contributed by atoms with Gasteiger partial charge < -0.3 is 10.4 Å². The summed E-state index contributed by atoms with van der Waals surface area (Å²) in [5.41, 5.74) is -0.312. The summed E-state index contributed by atoms with van der Waals surface area (Å²) in [7, 11) is 0. The number of carbonyl (C=O) groups excluding carboxylic acids is 1. The summed E-state index contributed by atoms with van der Waals surface area (Å²) in [5, 5.41) is 11.3. The summed E-state index contributed by atoms with van der Waals surface area (Å²) >= 11 is 6.79. The van der Waals surface area contributed by atoms with Crippen molar-refractivity contribution in [2.24, 2.45) is 0 Å². The number of aromatic nitrogens is 2. The first-order valence-electron chi connectivity index (χ1n) is 4.69. The van der Waals surface area contributed by atoms with Crippen molar-refractivity contribution in [3.8, 4) is 0 Å². The molecule has 92 valence electrons. The Balaban J connectivity index is 2.24. The highest BCUT2D eigenvalue weighted by Gasteiger charge is 2.16. The van der Waals surface area contributed by atoms with Gasteiger partial charge >= 0.3 is 5.97 Å². The maximum Gasteiger partial charge on any atom is 0.358 e. The zero-order chi connectivity index (χ0) is 13.1. The van der Waals surface area contributed by atoms with Gasteiger partial charge in [-0.1, -0.05) is 11.6 Å². The highest BCUT2D eigenvalue weighted by molar-refractivity contribution is 7.18. The second kappa shape index (κ2) is 5.11. The van der Waals surface area contributed by atoms with Crippen molar-refractivity contribution >= 4 is 40.6 Å². The Bertz CT molecular complexity index is 614. The second-order valence-corrected chi connectivity index (χ2v) is 4.83. The number of anilines is 1. The third kappa shape index (κ3) is 2.63. The van der Waals surface area contributed by atoms with Crippen molar-refractivity contribution in [3.63, 3.8) is 0 Å². The van der Waals surface area contributed by atoms with Gasteiger partial charge in [-0.05, 0) is 12.1 Å². The van der Waals surface area contributed by atoms with Gasteiger partial charge in [0.1, 0.15) is 0 Å². The molecule has 2 heterocycles. The Labute approximate surface area is 110 Å². The second-order valence-electron chi connectivity index (χ2n) is 3.12. The summed E-state index contributed by atoms with van der Waals surface area (Å²) in [6.07, 6.45) is 2.53. The number of thiophene rings is 1. The molecular formula is C10H6ClN3O3S. The van der Waals surface area contributed by atoms with Gasteiger partial charge in [0.05, 0.1) is 9.21 Å². The van der Waals surface area contributed by atoms with E-state index >= 15 is 0 Å². The van der Waals surface area contributed by atoms with Crippen LogP contribution in [0.2, 0.25) is 4.34 Å². The van der Waals surface area contributed by atoms with Crippen molar-refractivity contribution in [1.29, 1.82) is 0 Å². The first kappa shape index (κ1) is 12.5. The largest absolute Gasteiger partial charge is 0.476 e. The van der Waals surface area contributed by atoms with Crippen molar-refractivity contribution in [1.82, 2.24) is 9.97 Å². The molecule has 6 nitrogen and oxygen atoms in total.